The van der Waals surface area contributed by atoms with E-state index < -0.39 is 40.7 Å². The molecule has 0 aliphatic rings. The zero-order valence-corrected chi connectivity index (χ0v) is 13.1. The Kier molecular flexibility index (Phi) is 4.69. The molecule has 0 radical (unpaired) electrons. The molecule has 0 aliphatic heterocycles. The molecule has 9 heteroatoms. The van der Waals surface area contributed by atoms with Crippen LogP contribution < -0.4 is 4.74 Å². The summed E-state index contributed by atoms with van der Waals surface area (Å²) in [6.07, 6.45) is -4.59. The lowest BCUT2D eigenvalue weighted by Gasteiger charge is -2.14. The zero-order valence-electron chi connectivity index (χ0n) is 13.1. The van der Waals surface area contributed by atoms with Gasteiger partial charge in [0.25, 0.3) is 0 Å². The van der Waals surface area contributed by atoms with E-state index in [0.717, 1.165) is 18.2 Å². The predicted molar refractivity (Wildman–Crippen MR) is 80.9 cm³/mol. The number of hydrogen-bond donors (Lipinski definition) is 0. The Balaban J connectivity index is 2.07. The summed E-state index contributed by atoms with van der Waals surface area (Å²) in [5, 5.41) is 0. The van der Waals surface area contributed by atoms with E-state index in [1.165, 1.54) is 12.1 Å². The topological polar surface area (TPSA) is 39.4 Å². The first kappa shape index (κ1) is 18.6. The van der Waals surface area contributed by atoms with Crippen LogP contribution in [-0.4, -0.2) is 6.29 Å². The van der Waals surface area contributed by atoms with Crippen LogP contribution in [0.15, 0.2) is 46.9 Å². The number of aldehydes is 1. The van der Waals surface area contributed by atoms with Gasteiger partial charge in [0.1, 0.15) is 17.3 Å². The smallest absolute Gasteiger partial charge is 0.416 e. The van der Waals surface area contributed by atoms with Crippen molar-refractivity contribution in [2.75, 3.05) is 0 Å². The minimum atomic E-state index is -4.95. The molecule has 27 heavy (non-hydrogen) atoms. The van der Waals surface area contributed by atoms with Crippen molar-refractivity contribution >= 4 is 6.29 Å². The lowest BCUT2D eigenvalue weighted by molar-refractivity contribution is -0.138. The third kappa shape index (κ3) is 3.67. The van der Waals surface area contributed by atoms with Crippen molar-refractivity contribution in [3.8, 4) is 22.8 Å². The molecule has 0 amide bonds. The van der Waals surface area contributed by atoms with Crippen LogP contribution in [0.2, 0.25) is 0 Å². The van der Waals surface area contributed by atoms with Crippen LogP contribution in [0.3, 0.4) is 0 Å². The fourth-order valence-electron chi connectivity index (χ4n) is 2.31. The van der Waals surface area contributed by atoms with Gasteiger partial charge in [0.05, 0.1) is 11.1 Å². The summed E-state index contributed by atoms with van der Waals surface area (Å²) in [5.74, 6) is -6.00. The highest BCUT2D eigenvalue weighted by molar-refractivity contribution is 5.74. The van der Waals surface area contributed by atoms with Crippen molar-refractivity contribution in [3.05, 3.63) is 71.2 Å². The lowest BCUT2D eigenvalue weighted by Crippen LogP contribution is -2.07. The second-order valence-corrected chi connectivity index (χ2v) is 5.30. The molecule has 0 unspecified atom stereocenters. The highest BCUT2D eigenvalue weighted by atomic mass is 19.4. The fourth-order valence-corrected chi connectivity index (χ4v) is 2.31. The van der Waals surface area contributed by atoms with Crippen LogP contribution in [0.4, 0.5) is 26.3 Å². The third-order valence-electron chi connectivity index (χ3n) is 3.50. The second kappa shape index (κ2) is 6.82. The monoisotopic (exact) mass is 386 g/mol. The maximum absolute atomic E-state index is 14.2. The Hall–Kier alpha value is -3.23. The minimum Gasteiger partial charge on any atom is -0.453 e. The number of carbonyl (C=O) groups excluding carboxylic acids is 1. The summed E-state index contributed by atoms with van der Waals surface area (Å²) in [6, 6.07) is 5.90. The lowest BCUT2D eigenvalue weighted by atomic mass is 10.1. The Morgan fingerprint density at radius 1 is 0.926 bits per heavy atom. The van der Waals surface area contributed by atoms with Gasteiger partial charge >= 0.3 is 6.18 Å². The summed E-state index contributed by atoms with van der Waals surface area (Å²) >= 11 is 0. The average molecular weight is 386 g/mol. The van der Waals surface area contributed by atoms with Crippen LogP contribution in [0.1, 0.15) is 16.1 Å². The minimum absolute atomic E-state index is 0.0643. The van der Waals surface area contributed by atoms with Gasteiger partial charge in [0.15, 0.2) is 29.4 Å². The Labute approximate surface area is 147 Å². The quantitative estimate of drug-likeness (QED) is 0.409. The molecule has 3 nitrogen and oxygen atoms in total. The number of furan rings is 1. The predicted octanol–water partition coefficient (Wildman–Crippen LogP) is 5.99. The van der Waals surface area contributed by atoms with Gasteiger partial charge in [-0.05, 0) is 36.4 Å². The van der Waals surface area contributed by atoms with E-state index in [4.69, 9.17) is 9.15 Å². The first-order valence-corrected chi connectivity index (χ1v) is 7.28. The van der Waals surface area contributed by atoms with Gasteiger partial charge in [-0.15, -0.1) is 0 Å². The summed E-state index contributed by atoms with van der Waals surface area (Å²) in [6.45, 7) is 0. The maximum atomic E-state index is 14.2. The number of alkyl halides is 3. The van der Waals surface area contributed by atoms with Gasteiger partial charge in [-0.1, -0.05) is 6.07 Å². The largest absolute Gasteiger partial charge is 0.453 e. The van der Waals surface area contributed by atoms with Crippen molar-refractivity contribution in [2.24, 2.45) is 0 Å². The molecule has 3 aromatic rings. The van der Waals surface area contributed by atoms with E-state index in [2.05, 4.69) is 0 Å². The molecule has 1 aromatic heterocycles. The standard InChI is InChI=1S/C18H8F6O3/c19-11-2-1-3-14(16(11)15-5-4-10(8-25)26-15)27-17-12(20)6-9(7-13(17)21)18(22,23)24/h1-8H. The number of carbonyl (C=O) groups is 1. The van der Waals surface area contributed by atoms with Gasteiger partial charge in [0, 0.05) is 0 Å². The highest BCUT2D eigenvalue weighted by Gasteiger charge is 2.33. The number of ether oxygens (including phenoxy) is 1. The third-order valence-corrected chi connectivity index (χ3v) is 3.50. The number of benzene rings is 2. The van der Waals surface area contributed by atoms with E-state index in [0.29, 0.717) is 6.29 Å². The van der Waals surface area contributed by atoms with Gasteiger partial charge < -0.3 is 9.15 Å². The number of hydrogen-bond acceptors (Lipinski definition) is 3. The van der Waals surface area contributed by atoms with Crippen molar-refractivity contribution in [1.82, 2.24) is 0 Å². The van der Waals surface area contributed by atoms with E-state index in [1.54, 1.807) is 0 Å². The molecule has 0 N–H and O–H groups in total. The molecule has 0 fully saturated rings. The molecular weight excluding hydrogens is 378 g/mol. The van der Waals surface area contributed by atoms with E-state index in [9.17, 15) is 31.1 Å². The van der Waals surface area contributed by atoms with Crippen molar-refractivity contribution in [1.29, 1.82) is 0 Å². The molecule has 0 saturated heterocycles. The Morgan fingerprint density at radius 3 is 2.15 bits per heavy atom. The van der Waals surface area contributed by atoms with Gasteiger partial charge in [-0.25, -0.2) is 13.2 Å². The van der Waals surface area contributed by atoms with Crippen molar-refractivity contribution in [3.63, 3.8) is 0 Å². The molecule has 0 saturated carbocycles. The van der Waals surface area contributed by atoms with Gasteiger partial charge in [-0.2, -0.15) is 13.2 Å². The summed E-state index contributed by atoms with van der Waals surface area (Å²) < 4.78 is 90.1. The first-order valence-electron chi connectivity index (χ1n) is 7.28. The van der Waals surface area contributed by atoms with E-state index >= 15 is 0 Å². The molecule has 1 heterocycles. The van der Waals surface area contributed by atoms with Crippen molar-refractivity contribution < 1.29 is 40.3 Å². The zero-order chi connectivity index (χ0) is 19.8. The number of halogens is 6. The average Bonchev–Trinajstić information content (AvgIpc) is 3.05. The fraction of sp³-hybridized carbons (Fsp3) is 0.0556. The Bertz CT molecular complexity index is 984. The van der Waals surface area contributed by atoms with Gasteiger partial charge in [0.2, 0.25) is 0 Å². The number of rotatable bonds is 4. The summed E-state index contributed by atoms with van der Waals surface area (Å²) in [4.78, 5) is 10.7. The molecule has 0 spiro atoms. The van der Waals surface area contributed by atoms with Crippen LogP contribution >= 0.6 is 0 Å². The van der Waals surface area contributed by atoms with Crippen molar-refractivity contribution in [2.45, 2.75) is 6.18 Å². The van der Waals surface area contributed by atoms with E-state index in [-0.39, 0.29) is 29.2 Å². The maximum Gasteiger partial charge on any atom is 0.416 e. The molecule has 0 bridgehead atoms. The van der Waals surface area contributed by atoms with Crippen LogP contribution in [0, 0.1) is 17.5 Å². The van der Waals surface area contributed by atoms with Gasteiger partial charge in [-0.3, -0.25) is 4.79 Å². The molecule has 0 atom stereocenters. The molecular formula is C18H8F6O3. The molecule has 3 rings (SSSR count). The van der Waals surface area contributed by atoms with Crippen LogP contribution in [-0.2, 0) is 6.18 Å². The molecule has 2 aromatic carbocycles. The van der Waals surface area contributed by atoms with Crippen LogP contribution in [0.25, 0.3) is 11.3 Å². The highest BCUT2D eigenvalue weighted by Crippen LogP contribution is 2.39. The molecule has 0 aliphatic carbocycles. The summed E-state index contributed by atoms with van der Waals surface area (Å²) in [7, 11) is 0. The van der Waals surface area contributed by atoms with E-state index in [1.807, 2.05) is 0 Å². The Morgan fingerprint density at radius 2 is 1.59 bits per heavy atom. The SMILES string of the molecule is O=Cc1ccc(-c2c(F)cccc2Oc2c(F)cc(C(F)(F)F)cc2F)o1. The van der Waals surface area contributed by atoms with Crippen LogP contribution in [0.5, 0.6) is 11.5 Å². The first-order chi connectivity index (χ1) is 12.7. The second-order valence-electron chi connectivity index (χ2n) is 5.30. The molecule has 140 valence electrons. The summed E-state index contributed by atoms with van der Waals surface area (Å²) in [5.41, 5.74) is -1.89. The normalized spacial score (nSPS) is 11.5.